The standard InChI is InChI=1S/C21H31N3O6/c1-13(2)10-16(22)19(27)23-18(14(3)4)20(28)24(11-17(25)26)21(29)30-12-15-8-6-5-7-9-15/h5-9,13-14,16,18H,10-12,22H2,1-4H3,(H,23,27)(H,25,26). The van der Waals surface area contributed by atoms with E-state index in [1.165, 1.54) is 0 Å². The number of carbonyl (C=O) groups excluding carboxylic acids is 3. The number of nitrogens with one attached hydrogen (secondary N) is 1. The van der Waals surface area contributed by atoms with Gasteiger partial charge in [-0.3, -0.25) is 14.4 Å². The highest BCUT2D eigenvalue weighted by atomic mass is 16.6. The average molecular weight is 421 g/mol. The van der Waals surface area contributed by atoms with Gasteiger partial charge in [0.2, 0.25) is 5.91 Å². The normalized spacial score (nSPS) is 12.9. The molecule has 0 saturated carbocycles. The molecule has 0 aliphatic heterocycles. The van der Waals surface area contributed by atoms with Crippen LogP contribution >= 0.6 is 0 Å². The molecule has 0 aliphatic rings. The van der Waals surface area contributed by atoms with Crippen LogP contribution in [0.5, 0.6) is 0 Å². The molecule has 3 amide bonds. The third-order valence-corrected chi connectivity index (χ3v) is 4.28. The molecule has 166 valence electrons. The fourth-order valence-electron chi connectivity index (χ4n) is 2.72. The first-order chi connectivity index (χ1) is 14.0. The third kappa shape index (κ3) is 8.20. The molecule has 2 unspecified atom stereocenters. The van der Waals surface area contributed by atoms with Crippen molar-refractivity contribution in [3.05, 3.63) is 35.9 Å². The molecule has 30 heavy (non-hydrogen) atoms. The minimum atomic E-state index is -1.38. The molecule has 9 nitrogen and oxygen atoms in total. The van der Waals surface area contributed by atoms with Gasteiger partial charge in [0.25, 0.3) is 5.91 Å². The highest BCUT2D eigenvalue weighted by Gasteiger charge is 2.35. The number of carbonyl (C=O) groups is 4. The maximum atomic E-state index is 13.0. The molecule has 1 aromatic carbocycles. The van der Waals surface area contributed by atoms with Gasteiger partial charge in [0.05, 0.1) is 6.04 Å². The number of aliphatic carboxylic acids is 1. The summed E-state index contributed by atoms with van der Waals surface area (Å²) in [6.07, 6.45) is -0.680. The lowest BCUT2D eigenvalue weighted by atomic mass is 10.00. The molecule has 2 atom stereocenters. The molecule has 0 aromatic heterocycles. The summed E-state index contributed by atoms with van der Waals surface area (Å²) >= 11 is 0. The van der Waals surface area contributed by atoms with E-state index in [2.05, 4.69) is 5.32 Å². The van der Waals surface area contributed by atoms with E-state index in [9.17, 15) is 19.2 Å². The monoisotopic (exact) mass is 421 g/mol. The predicted molar refractivity (Wildman–Crippen MR) is 110 cm³/mol. The van der Waals surface area contributed by atoms with E-state index in [0.717, 1.165) is 0 Å². The van der Waals surface area contributed by atoms with E-state index in [1.54, 1.807) is 44.2 Å². The average Bonchev–Trinajstić information content (AvgIpc) is 2.67. The van der Waals surface area contributed by atoms with Crippen molar-refractivity contribution in [2.24, 2.45) is 17.6 Å². The fraction of sp³-hybridized carbons (Fsp3) is 0.524. The summed E-state index contributed by atoms with van der Waals surface area (Å²) in [7, 11) is 0. The van der Waals surface area contributed by atoms with Gasteiger partial charge in [-0.15, -0.1) is 0 Å². The Morgan fingerprint density at radius 3 is 2.20 bits per heavy atom. The Balaban J connectivity index is 2.94. The number of ether oxygens (including phenoxy) is 1. The topological polar surface area (TPSA) is 139 Å². The fourth-order valence-corrected chi connectivity index (χ4v) is 2.72. The van der Waals surface area contributed by atoms with Crippen LogP contribution in [-0.4, -0.2) is 52.5 Å². The predicted octanol–water partition coefficient (Wildman–Crippen LogP) is 1.75. The zero-order chi connectivity index (χ0) is 22.8. The Morgan fingerprint density at radius 2 is 1.70 bits per heavy atom. The summed E-state index contributed by atoms with van der Waals surface area (Å²) < 4.78 is 5.11. The van der Waals surface area contributed by atoms with Gasteiger partial charge in [-0.25, -0.2) is 9.69 Å². The SMILES string of the molecule is CC(C)CC(N)C(=O)NC(C(=O)N(CC(=O)O)C(=O)OCc1ccccc1)C(C)C. The Bertz CT molecular complexity index is 736. The molecule has 4 N–H and O–H groups in total. The highest BCUT2D eigenvalue weighted by molar-refractivity contribution is 5.99. The molecule has 0 fully saturated rings. The second-order valence-corrected chi connectivity index (χ2v) is 7.82. The summed E-state index contributed by atoms with van der Waals surface area (Å²) in [6.45, 7) is 6.16. The van der Waals surface area contributed by atoms with Crippen molar-refractivity contribution >= 4 is 23.9 Å². The number of amides is 3. The summed E-state index contributed by atoms with van der Waals surface area (Å²) in [5, 5.41) is 11.7. The minimum Gasteiger partial charge on any atom is -0.480 e. The largest absolute Gasteiger partial charge is 0.480 e. The Labute approximate surface area is 176 Å². The molecule has 0 aliphatic carbocycles. The highest BCUT2D eigenvalue weighted by Crippen LogP contribution is 2.11. The molecule has 0 saturated heterocycles. The molecule has 1 aromatic rings. The summed E-state index contributed by atoms with van der Waals surface area (Å²) in [5.74, 6) is -3.02. The quantitative estimate of drug-likeness (QED) is 0.523. The second kappa shape index (κ2) is 11.9. The van der Waals surface area contributed by atoms with Crippen molar-refractivity contribution in [1.82, 2.24) is 10.2 Å². The van der Waals surface area contributed by atoms with Crippen LogP contribution in [-0.2, 0) is 25.7 Å². The smallest absolute Gasteiger partial charge is 0.417 e. The number of nitrogens with zero attached hydrogens (tertiary/aromatic N) is 1. The van der Waals surface area contributed by atoms with Crippen molar-refractivity contribution in [1.29, 1.82) is 0 Å². The van der Waals surface area contributed by atoms with Crippen LogP contribution < -0.4 is 11.1 Å². The third-order valence-electron chi connectivity index (χ3n) is 4.28. The van der Waals surface area contributed by atoms with Crippen LogP contribution in [0.2, 0.25) is 0 Å². The van der Waals surface area contributed by atoms with Crippen molar-refractivity contribution < 1.29 is 29.0 Å². The molecular formula is C21H31N3O6. The minimum absolute atomic E-state index is 0.124. The van der Waals surface area contributed by atoms with Crippen molar-refractivity contribution in [3.63, 3.8) is 0 Å². The van der Waals surface area contributed by atoms with Crippen LogP contribution in [0, 0.1) is 11.8 Å². The first-order valence-electron chi connectivity index (χ1n) is 9.82. The van der Waals surface area contributed by atoms with Gasteiger partial charge in [0.15, 0.2) is 0 Å². The molecule has 0 bridgehead atoms. The van der Waals surface area contributed by atoms with Crippen molar-refractivity contribution in [3.8, 4) is 0 Å². The molecule has 9 heteroatoms. The number of carboxylic acids is 1. The lowest BCUT2D eigenvalue weighted by Crippen LogP contribution is -2.56. The van der Waals surface area contributed by atoms with Crippen molar-refractivity contribution in [2.75, 3.05) is 6.54 Å². The van der Waals surface area contributed by atoms with E-state index >= 15 is 0 Å². The van der Waals surface area contributed by atoms with Crippen LogP contribution in [0.1, 0.15) is 39.7 Å². The number of rotatable bonds is 10. The van der Waals surface area contributed by atoms with Crippen molar-refractivity contribution in [2.45, 2.75) is 52.8 Å². The Morgan fingerprint density at radius 1 is 1.10 bits per heavy atom. The van der Waals surface area contributed by atoms with Crippen LogP contribution in [0.3, 0.4) is 0 Å². The van der Waals surface area contributed by atoms with Crippen LogP contribution in [0.25, 0.3) is 0 Å². The van der Waals surface area contributed by atoms with Gasteiger partial charge < -0.3 is 20.9 Å². The van der Waals surface area contributed by atoms with E-state index < -0.39 is 48.4 Å². The number of carboxylic acid groups (broad SMARTS) is 1. The van der Waals surface area contributed by atoms with Gasteiger partial charge >= 0.3 is 12.1 Å². The zero-order valence-electron chi connectivity index (χ0n) is 17.8. The van der Waals surface area contributed by atoms with Gasteiger partial charge in [0.1, 0.15) is 19.2 Å². The second-order valence-electron chi connectivity index (χ2n) is 7.82. The number of nitrogens with two attached hydrogens (primary N) is 1. The molecule has 0 spiro atoms. The van der Waals surface area contributed by atoms with E-state index in [4.69, 9.17) is 15.6 Å². The lowest BCUT2D eigenvalue weighted by molar-refractivity contribution is -0.145. The van der Waals surface area contributed by atoms with Gasteiger partial charge in [-0.05, 0) is 23.8 Å². The van der Waals surface area contributed by atoms with E-state index in [1.807, 2.05) is 13.8 Å². The van der Waals surface area contributed by atoms with Gasteiger partial charge in [-0.1, -0.05) is 58.0 Å². The zero-order valence-corrected chi connectivity index (χ0v) is 17.8. The van der Waals surface area contributed by atoms with E-state index in [-0.39, 0.29) is 12.5 Å². The summed E-state index contributed by atoms with van der Waals surface area (Å²) in [5.41, 5.74) is 6.56. The number of imide groups is 1. The summed E-state index contributed by atoms with van der Waals surface area (Å²) in [6, 6.07) is 6.82. The van der Waals surface area contributed by atoms with E-state index in [0.29, 0.717) is 16.9 Å². The number of benzene rings is 1. The lowest BCUT2D eigenvalue weighted by Gasteiger charge is -2.28. The maximum Gasteiger partial charge on any atom is 0.417 e. The number of hydrogen-bond donors (Lipinski definition) is 3. The molecule has 1 rings (SSSR count). The van der Waals surface area contributed by atoms with Crippen LogP contribution in [0.4, 0.5) is 4.79 Å². The molecular weight excluding hydrogens is 390 g/mol. The molecule has 0 radical (unpaired) electrons. The summed E-state index contributed by atoms with van der Waals surface area (Å²) in [4.78, 5) is 49.5. The Hall–Kier alpha value is -2.94. The molecule has 0 heterocycles. The van der Waals surface area contributed by atoms with Gasteiger partial charge in [0, 0.05) is 0 Å². The number of hydrogen-bond acceptors (Lipinski definition) is 6. The Kier molecular flexibility index (Phi) is 9.97. The first kappa shape index (κ1) is 25.1. The maximum absolute atomic E-state index is 13.0. The van der Waals surface area contributed by atoms with Crippen LogP contribution in [0.15, 0.2) is 30.3 Å². The first-order valence-corrected chi connectivity index (χ1v) is 9.82. The van der Waals surface area contributed by atoms with Gasteiger partial charge in [-0.2, -0.15) is 0 Å².